The van der Waals surface area contributed by atoms with Crippen molar-refractivity contribution >= 4 is 17.5 Å². The Bertz CT molecular complexity index is 305. The molecule has 0 saturated heterocycles. The third-order valence-electron chi connectivity index (χ3n) is 1.74. The van der Waals surface area contributed by atoms with E-state index in [2.05, 4.69) is 5.32 Å². The van der Waals surface area contributed by atoms with E-state index in [1.54, 1.807) is 0 Å². The predicted molar refractivity (Wildman–Crippen MR) is 58.2 cm³/mol. The lowest BCUT2D eigenvalue weighted by Gasteiger charge is -2.00. The number of nitrogens with one attached hydrogen (secondary N) is 1. The van der Waals surface area contributed by atoms with E-state index in [1.165, 1.54) is 0 Å². The monoisotopic (exact) mass is 177 g/mol. The van der Waals surface area contributed by atoms with E-state index < -0.39 is 0 Å². The molecule has 1 rings (SSSR count). The lowest BCUT2D eigenvalue weighted by Crippen LogP contribution is -2.03. The zero-order valence-electron chi connectivity index (χ0n) is 7.75. The van der Waals surface area contributed by atoms with E-state index >= 15 is 0 Å². The third kappa shape index (κ3) is 2.80. The van der Waals surface area contributed by atoms with Crippen molar-refractivity contribution < 1.29 is 0 Å². The number of rotatable bonds is 3. The molecular formula is C10H15N3. The molecule has 0 bridgehead atoms. The minimum Gasteiger partial charge on any atom is -0.397 e. The van der Waals surface area contributed by atoms with Gasteiger partial charge in [0.25, 0.3) is 0 Å². The fourth-order valence-electron chi connectivity index (χ4n) is 1.01. The molecule has 0 radical (unpaired) electrons. The molecule has 1 aromatic rings. The molecule has 0 amide bonds. The number of hydrogen-bond acceptors (Lipinski definition) is 3. The maximum absolute atomic E-state index is 5.65. The normalized spacial score (nSPS) is 10.8. The minimum absolute atomic E-state index is 0.630. The van der Waals surface area contributed by atoms with Gasteiger partial charge >= 0.3 is 0 Å². The fourth-order valence-corrected chi connectivity index (χ4v) is 1.01. The first-order chi connectivity index (χ1) is 6.24. The zero-order chi connectivity index (χ0) is 9.68. The van der Waals surface area contributed by atoms with E-state index in [9.17, 15) is 0 Å². The summed E-state index contributed by atoms with van der Waals surface area (Å²) in [6.45, 7) is 0.851. The molecular weight excluding hydrogens is 162 g/mol. The molecule has 0 atom stereocenters. The largest absolute Gasteiger partial charge is 0.397 e. The summed E-state index contributed by atoms with van der Waals surface area (Å²) in [6.07, 6.45) is 4.04. The van der Waals surface area contributed by atoms with E-state index in [4.69, 9.17) is 11.5 Å². The predicted octanol–water partition coefficient (Wildman–Crippen LogP) is 1.08. The average Bonchev–Trinajstić information content (AvgIpc) is 2.12. The fraction of sp³-hybridized carbons (Fsp3) is 0.200. The Balaban J connectivity index is 2.73. The molecule has 0 aliphatic carbocycles. The number of nitrogens with two attached hydrogens (primary N) is 2. The Labute approximate surface area is 78.4 Å². The van der Waals surface area contributed by atoms with Gasteiger partial charge in [0.2, 0.25) is 0 Å². The number of benzene rings is 1. The van der Waals surface area contributed by atoms with Gasteiger partial charge in [0, 0.05) is 6.54 Å². The van der Waals surface area contributed by atoms with Crippen LogP contribution in [0.2, 0.25) is 0 Å². The van der Waals surface area contributed by atoms with Crippen LogP contribution in [0.15, 0.2) is 24.3 Å². The van der Waals surface area contributed by atoms with Gasteiger partial charge in [-0.05, 0) is 24.7 Å². The van der Waals surface area contributed by atoms with Crippen LogP contribution in [0.3, 0.4) is 0 Å². The van der Waals surface area contributed by atoms with Crippen LogP contribution >= 0.6 is 0 Å². The van der Waals surface area contributed by atoms with Crippen molar-refractivity contribution in [1.82, 2.24) is 5.32 Å². The quantitative estimate of drug-likeness (QED) is 0.605. The van der Waals surface area contributed by atoms with Gasteiger partial charge in [0.15, 0.2) is 0 Å². The third-order valence-corrected chi connectivity index (χ3v) is 1.74. The summed E-state index contributed by atoms with van der Waals surface area (Å²) in [5.41, 5.74) is 13.6. The molecule has 0 heterocycles. The molecule has 0 fully saturated rings. The highest BCUT2D eigenvalue weighted by Gasteiger charge is 1.93. The first-order valence-corrected chi connectivity index (χ1v) is 4.20. The molecule has 0 unspecified atom stereocenters. The van der Waals surface area contributed by atoms with Gasteiger partial charge < -0.3 is 16.8 Å². The maximum atomic E-state index is 5.65. The standard InChI is InChI=1S/C10H15N3/c1-13-6-2-3-8-4-5-9(11)10(12)7-8/h2-5,7,13H,6,11-12H2,1H3. The first kappa shape index (κ1) is 9.61. The van der Waals surface area contributed by atoms with Gasteiger partial charge in [-0.3, -0.25) is 0 Å². The van der Waals surface area contributed by atoms with Crippen LogP contribution in [0.25, 0.3) is 6.08 Å². The van der Waals surface area contributed by atoms with Gasteiger partial charge in [0.05, 0.1) is 11.4 Å². The summed E-state index contributed by atoms with van der Waals surface area (Å²) < 4.78 is 0. The second-order valence-electron chi connectivity index (χ2n) is 2.85. The van der Waals surface area contributed by atoms with E-state index in [-0.39, 0.29) is 0 Å². The van der Waals surface area contributed by atoms with Crippen LogP contribution < -0.4 is 16.8 Å². The Morgan fingerprint density at radius 3 is 2.69 bits per heavy atom. The molecule has 1 aromatic carbocycles. The number of likely N-dealkylation sites (N-methyl/N-ethyl adjacent to an activating group) is 1. The summed E-state index contributed by atoms with van der Waals surface area (Å²) in [6, 6.07) is 5.62. The minimum atomic E-state index is 0.630. The van der Waals surface area contributed by atoms with Crippen LogP contribution in [-0.4, -0.2) is 13.6 Å². The number of hydrogen-bond donors (Lipinski definition) is 3. The van der Waals surface area contributed by atoms with E-state index in [1.807, 2.05) is 37.4 Å². The molecule has 0 aromatic heterocycles. The Morgan fingerprint density at radius 1 is 1.31 bits per heavy atom. The van der Waals surface area contributed by atoms with E-state index in [0.717, 1.165) is 12.1 Å². The van der Waals surface area contributed by atoms with Gasteiger partial charge in [-0.2, -0.15) is 0 Å². The highest BCUT2D eigenvalue weighted by Crippen LogP contribution is 2.16. The average molecular weight is 177 g/mol. The van der Waals surface area contributed by atoms with Crippen LogP contribution in [0.1, 0.15) is 5.56 Å². The second kappa shape index (κ2) is 4.52. The van der Waals surface area contributed by atoms with Crippen molar-refractivity contribution in [2.24, 2.45) is 0 Å². The van der Waals surface area contributed by atoms with Crippen molar-refractivity contribution in [1.29, 1.82) is 0 Å². The lowest BCUT2D eigenvalue weighted by atomic mass is 10.1. The van der Waals surface area contributed by atoms with Crippen molar-refractivity contribution in [2.75, 3.05) is 25.1 Å². The Kier molecular flexibility index (Phi) is 3.34. The first-order valence-electron chi connectivity index (χ1n) is 4.20. The highest BCUT2D eigenvalue weighted by atomic mass is 14.8. The molecule has 3 nitrogen and oxygen atoms in total. The van der Waals surface area contributed by atoms with Gasteiger partial charge in [0.1, 0.15) is 0 Å². The van der Waals surface area contributed by atoms with Crippen LogP contribution in [0.4, 0.5) is 11.4 Å². The number of anilines is 2. The molecule has 0 saturated carbocycles. The summed E-state index contributed by atoms with van der Waals surface area (Å²) in [7, 11) is 1.90. The summed E-state index contributed by atoms with van der Waals surface area (Å²) in [5.74, 6) is 0. The SMILES string of the molecule is CNCC=Cc1ccc(N)c(N)c1. The molecule has 13 heavy (non-hydrogen) atoms. The summed E-state index contributed by atoms with van der Waals surface area (Å²) in [5, 5.41) is 3.02. The van der Waals surface area contributed by atoms with Gasteiger partial charge in [-0.1, -0.05) is 18.2 Å². The molecule has 0 spiro atoms. The maximum Gasteiger partial charge on any atom is 0.0553 e. The van der Waals surface area contributed by atoms with Crippen LogP contribution in [-0.2, 0) is 0 Å². The topological polar surface area (TPSA) is 64.1 Å². The van der Waals surface area contributed by atoms with Gasteiger partial charge in [-0.15, -0.1) is 0 Å². The van der Waals surface area contributed by atoms with Crippen molar-refractivity contribution in [3.63, 3.8) is 0 Å². The smallest absolute Gasteiger partial charge is 0.0553 e. The molecule has 0 aliphatic heterocycles. The molecule has 3 heteroatoms. The second-order valence-corrected chi connectivity index (χ2v) is 2.85. The zero-order valence-corrected chi connectivity index (χ0v) is 7.75. The van der Waals surface area contributed by atoms with Crippen molar-refractivity contribution in [3.05, 3.63) is 29.8 Å². The Morgan fingerprint density at radius 2 is 2.08 bits per heavy atom. The molecule has 5 N–H and O–H groups in total. The van der Waals surface area contributed by atoms with E-state index in [0.29, 0.717) is 11.4 Å². The summed E-state index contributed by atoms with van der Waals surface area (Å²) in [4.78, 5) is 0. The number of nitrogen functional groups attached to an aromatic ring is 2. The van der Waals surface area contributed by atoms with Crippen LogP contribution in [0, 0.1) is 0 Å². The highest BCUT2D eigenvalue weighted by molar-refractivity contribution is 5.68. The van der Waals surface area contributed by atoms with Gasteiger partial charge in [-0.25, -0.2) is 0 Å². The van der Waals surface area contributed by atoms with Crippen molar-refractivity contribution in [2.45, 2.75) is 0 Å². The Hall–Kier alpha value is -1.48. The van der Waals surface area contributed by atoms with Crippen LogP contribution in [0.5, 0.6) is 0 Å². The lowest BCUT2D eigenvalue weighted by molar-refractivity contribution is 0.922. The summed E-state index contributed by atoms with van der Waals surface area (Å²) >= 11 is 0. The van der Waals surface area contributed by atoms with Crippen molar-refractivity contribution in [3.8, 4) is 0 Å². The molecule has 0 aliphatic rings. The molecule has 70 valence electrons.